The molecule has 0 saturated carbocycles. The van der Waals surface area contributed by atoms with Crippen LogP contribution < -0.4 is 5.32 Å². The van der Waals surface area contributed by atoms with E-state index in [9.17, 15) is 5.11 Å². The van der Waals surface area contributed by atoms with Gasteiger partial charge in [-0.25, -0.2) is 4.98 Å². The Morgan fingerprint density at radius 2 is 1.85 bits per heavy atom. The number of rotatable bonds is 5. The Morgan fingerprint density at radius 3 is 2.62 bits per heavy atom. The number of hydrogen-bond donors (Lipinski definition) is 2. The summed E-state index contributed by atoms with van der Waals surface area (Å²) in [4.78, 5) is 4.58. The Labute approximate surface area is 152 Å². The number of nitrogens with zero attached hydrogens (tertiary/aromatic N) is 2. The van der Waals surface area contributed by atoms with Gasteiger partial charge in [-0.05, 0) is 54.4 Å². The third-order valence-electron chi connectivity index (χ3n) is 4.47. The highest BCUT2D eigenvalue weighted by Crippen LogP contribution is 2.33. The van der Waals surface area contributed by atoms with Gasteiger partial charge in [-0.3, -0.25) is 4.57 Å². The molecule has 0 aliphatic heterocycles. The quantitative estimate of drug-likeness (QED) is 0.556. The molecule has 0 aliphatic carbocycles. The number of para-hydroxylation sites is 1. The van der Waals surface area contributed by atoms with Crippen molar-refractivity contribution in [3.05, 3.63) is 78.6 Å². The van der Waals surface area contributed by atoms with E-state index in [4.69, 9.17) is 0 Å². The zero-order chi connectivity index (χ0) is 17.9. The van der Waals surface area contributed by atoms with Gasteiger partial charge in [0.2, 0.25) is 0 Å². The van der Waals surface area contributed by atoms with Crippen molar-refractivity contribution in [2.45, 2.75) is 13.5 Å². The van der Waals surface area contributed by atoms with E-state index in [1.807, 2.05) is 36.7 Å². The van der Waals surface area contributed by atoms with Crippen LogP contribution in [0.25, 0.3) is 27.8 Å². The van der Waals surface area contributed by atoms with Crippen molar-refractivity contribution in [3.8, 4) is 16.8 Å². The number of nitrogens with one attached hydrogen (secondary N) is 1. The Hall–Kier alpha value is -3.11. The summed E-state index contributed by atoms with van der Waals surface area (Å²) in [6, 6.07) is 22.5. The van der Waals surface area contributed by atoms with E-state index >= 15 is 0 Å². The van der Waals surface area contributed by atoms with Gasteiger partial charge in [0.05, 0.1) is 17.6 Å². The number of anilines is 1. The maximum Gasteiger partial charge on any atom is 0.100 e. The predicted molar refractivity (Wildman–Crippen MR) is 107 cm³/mol. The normalized spacial score (nSPS) is 11.0. The Morgan fingerprint density at radius 1 is 1.00 bits per heavy atom. The zero-order valence-electron chi connectivity index (χ0n) is 14.7. The molecule has 26 heavy (non-hydrogen) atoms. The molecule has 4 rings (SSSR count). The summed E-state index contributed by atoms with van der Waals surface area (Å²) in [5.74, 6) is 0. The molecule has 0 atom stereocenters. The molecular formula is C22H21N3O. The van der Waals surface area contributed by atoms with Crippen molar-refractivity contribution in [2.75, 3.05) is 11.9 Å². The lowest BCUT2D eigenvalue weighted by molar-refractivity contribution is 0.282. The number of hydrogen-bond acceptors (Lipinski definition) is 3. The molecule has 130 valence electrons. The molecule has 0 spiro atoms. The molecule has 1 heterocycles. The lowest BCUT2D eigenvalue weighted by Crippen LogP contribution is -1.97. The van der Waals surface area contributed by atoms with Crippen molar-refractivity contribution >= 4 is 16.7 Å². The monoisotopic (exact) mass is 343 g/mol. The van der Waals surface area contributed by atoms with Crippen molar-refractivity contribution in [3.63, 3.8) is 0 Å². The average molecular weight is 343 g/mol. The first-order chi connectivity index (χ1) is 12.8. The second kappa shape index (κ2) is 7.02. The van der Waals surface area contributed by atoms with Crippen LogP contribution in [0.2, 0.25) is 0 Å². The van der Waals surface area contributed by atoms with Gasteiger partial charge in [0, 0.05) is 23.5 Å². The second-order valence-electron chi connectivity index (χ2n) is 6.23. The van der Waals surface area contributed by atoms with Crippen LogP contribution in [0.15, 0.2) is 73.1 Å². The number of fused-ring (bicyclic) bond motifs is 1. The number of imidazole rings is 1. The lowest BCUT2D eigenvalue weighted by atomic mass is 10.0. The highest BCUT2D eigenvalue weighted by molar-refractivity contribution is 5.94. The summed E-state index contributed by atoms with van der Waals surface area (Å²) in [6.07, 6.45) is 1.85. The van der Waals surface area contributed by atoms with E-state index in [1.54, 1.807) is 0 Å². The van der Waals surface area contributed by atoms with Crippen molar-refractivity contribution in [1.29, 1.82) is 0 Å². The summed E-state index contributed by atoms with van der Waals surface area (Å²) < 4.78 is 2.10. The minimum absolute atomic E-state index is 0.00591. The molecule has 1 aromatic heterocycles. The first kappa shape index (κ1) is 16.4. The number of aliphatic hydroxyl groups is 1. The van der Waals surface area contributed by atoms with E-state index in [2.05, 4.69) is 58.2 Å². The molecule has 2 N–H and O–H groups in total. The van der Waals surface area contributed by atoms with Crippen LogP contribution in [0, 0.1) is 0 Å². The molecule has 0 bridgehead atoms. The van der Waals surface area contributed by atoms with Crippen LogP contribution in [0.5, 0.6) is 0 Å². The second-order valence-corrected chi connectivity index (χ2v) is 6.23. The van der Waals surface area contributed by atoms with Crippen LogP contribution in [0.3, 0.4) is 0 Å². The summed E-state index contributed by atoms with van der Waals surface area (Å²) in [5.41, 5.74) is 7.09. The van der Waals surface area contributed by atoms with Gasteiger partial charge in [-0.1, -0.05) is 30.3 Å². The molecule has 4 nitrogen and oxygen atoms in total. The first-order valence-corrected chi connectivity index (χ1v) is 8.80. The first-order valence-electron chi connectivity index (χ1n) is 8.80. The van der Waals surface area contributed by atoms with Gasteiger partial charge in [-0.2, -0.15) is 0 Å². The molecule has 0 aliphatic rings. The van der Waals surface area contributed by atoms with Crippen molar-refractivity contribution < 1.29 is 5.11 Å². The summed E-state index contributed by atoms with van der Waals surface area (Å²) in [5, 5.41) is 13.0. The standard InChI is InChI=1S/C22H21N3O/c1-2-23-18-8-6-7-17(13-18)20-11-16(14-26)12-21-22(20)25(15-24-21)19-9-4-3-5-10-19/h3-13,15,23,26H,2,14H2,1H3. The minimum atomic E-state index is -0.00591. The van der Waals surface area contributed by atoms with Crippen LogP contribution in [0.4, 0.5) is 5.69 Å². The topological polar surface area (TPSA) is 50.1 Å². The Balaban J connectivity index is 1.98. The number of aliphatic hydroxyl groups excluding tert-OH is 1. The van der Waals surface area contributed by atoms with Crippen molar-refractivity contribution in [1.82, 2.24) is 9.55 Å². The summed E-state index contributed by atoms with van der Waals surface area (Å²) in [7, 11) is 0. The fourth-order valence-electron chi connectivity index (χ4n) is 3.30. The maximum absolute atomic E-state index is 9.68. The third-order valence-corrected chi connectivity index (χ3v) is 4.47. The van der Waals surface area contributed by atoms with Crippen LogP contribution >= 0.6 is 0 Å². The molecule has 0 fully saturated rings. The molecule has 0 unspecified atom stereocenters. The van der Waals surface area contributed by atoms with Gasteiger partial charge in [0.1, 0.15) is 6.33 Å². The highest BCUT2D eigenvalue weighted by atomic mass is 16.3. The van der Waals surface area contributed by atoms with Crippen LogP contribution in [0.1, 0.15) is 12.5 Å². The third kappa shape index (κ3) is 2.95. The zero-order valence-corrected chi connectivity index (χ0v) is 14.7. The SMILES string of the molecule is CCNc1cccc(-c2cc(CO)cc3ncn(-c4ccccc4)c23)c1. The number of benzene rings is 3. The molecule has 4 aromatic rings. The molecular weight excluding hydrogens is 322 g/mol. The molecule has 0 saturated heterocycles. The molecule has 4 heteroatoms. The van der Waals surface area contributed by atoms with E-state index in [0.717, 1.165) is 45.6 Å². The van der Waals surface area contributed by atoms with Gasteiger partial charge < -0.3 is 10.4 Å². The fourth-order valence-corrected chi connectivity index (χ4v) is 3.30. The largest absolute Gasteiger partial charge is 0.392 e. The molecule has 3 aromatic carbocycles. The van der Waals surface area contributed by atoms with Crippen LogP contribution in [-0.4, -0.2) is 21.2 Å². The van der Waals surface area contributed by atoms with E-state index in [-0.39, 0.29) is 6.61 Å². The average Bonchev–Trinajstić information content (AvgIpc) is 3.12. The Kier molecular flexibility index (Phi) is 4.42. The van der Waals surface area contributed by atoms with Gasteiger partial charge in [0.25, 0.3) is 0 Å². The highest BCUT2D eigenvalue weighted by Gasteiger charge is 2.13. The van der Waals surface area contributed by atoms with E-state index in [1.165, 1.54) is 0 Å². The summed E-state index contributed by atoms with van der Waals surface area (Å²) >= 11 is 0. The molecule has 0 amide bonds. The van der Waals surface area contributed by atoms with E-state index in [0.29, 0.717) is 0 Å². The van der Waals surface area contributed by atoms with Crippen molar-refractivity contribution in [2.24, 2.45) is 0 Å². The van der Waals surface area contributed by atoms with Gasteiger partial charge in [-0.15, -0.1) is 0 Å². The molecule has 0 radical (unpaired) electrons. The predicted octanol–water partition coefficient (Wildman–Crippen LogP) is 4.62. The summed E-state index contributed by atoms with van der Waals surface area (Å²) in [6.45, 7) is 2.95. The van der Waals surface area contributed by atoms with E-state index < -0.39 is 0 Å². The maximum atomic E-state index is 9.68. The minimum Gasteiger partial charge on any atom is -0.392 e. The number of aromatic nitrogens is 2. The fraction of sp³-hybridized carbons (Fsp3) is 0.136. The smallest absolute Gasteiger partial charge is 0.100 e. The lowest BCUT2D eigenvalue weighted by Gasteiger charge is -2.12. The van der Waals surface area contributed by atoms with Crippen LogP contribution in [-0.2, 0) is 6.61 Å². The van der Waals surface area contributed by atoms with Gasteiger partial charge >= 0.3 is 0 Å². The van der Waals surface area contributed by atoms with Gasteiger partial charge in [0.15, 0.2) is 0 Å². The Bertz CT molecular complexity index is 1040.